The topological polar surface area (TPSA) is 98.5 Å². The zero-order valence-electron chi connectivity index (χ0n) is 15.5. The van der Waals surface area contributed by atoms with Crippen molar-refractivity contribution >= 4 is 15.7 Å². The number of nitrogens with one attached hydrogen (secondary N) is 1. The molecule has 0 aliphatic carbocycles. The predicted molar refractivity (Wildman–Crippen MR) is 99.3 cm³/mol. The first-order valence-corrected chi connectivity index (χ1v) is 10.4. The van der Waals surface area contributed by atoms with Crippen molar-refractivity contribution in [1.82, 2.24) is 5.32 Å². The molecule has 0 radical (unpaired) electrons. The second-order valence-electron chi connectivity index (χ2n) is 7.11. The molecule has 142 valence electrons. The summed E-state index contributed by atoms with van der Waals surface area (Å²) in [6, 6.07) is 6.25. The summed E-state index contributed by atoms with van der Waals surface area (Å²) in [4.78, 5) is 12.3. The largest absolute Gasteiger partial charge is 0.494 e. The second-order valence-corrected chi connectivity index (χ2v) is 9.12. The minimum Gasteiger partial charge on any atom is -0.494 e. The molecule has 0 heterocycles. The Hall–Kier alpha value is -1.60. The van der Waals surface area contributed by atoms with Gasteiger partial charge in [0, 0.05) is 24.8 Å². The number of hydrogen-bond acceptors (Lipinski definition) is 5. The molecular weight excluding hydrogens is 340 g/mol. The fraction of sp³-hybridized carbons (Fsp3) is 0.611. The summed E-state index contributed by atoms with van der Waals surface area (Å²) in [7, 11) is -3.20. The van der Waals surface area contributed by atoms with E-state index in [0.717, 1.165) is 12.7 Å². The molecule has 7 heteroatoms. The number of nitrogens with two attached hydrogens (primary N) is 1. The molecule has 0 aliphatic rings. The van der Waals surface area contributed by atoms with E-state index in [0.29, 0.717) is 37.7 Å². The van der Waals surface area contributed by atoms with Gasteiger partial charge >= 0.3 is 0 Å². The highest BCUT2D eigenvalue weighted by Crippen LogP contribution is 2.17. The molecule has 1 aromatic carbocycles. The number of hydrogen-bond donors (Lipinski definition) is 2. The van der Waals surface area contributed by atoms with Crippen LogP contribution in [0, 0.1) is 5.92 Å². The van der Waals surface area contributed by atoms with Crippen molar-refractivity contribution in [3.63, 3.8) is 0 Å². The van der Waals surface area contributed by atoms with Crippen LogP contribution in [0.15, 0.2) is 29.2 Å². The van der Waals surface area contributed by atoms with Crippen molar-refractivity contribution in [3.8, 4) is 5.75 Å². The van der Waals surface area contributed by atoms with Crippen LogP contribution >= 0.6 is 0 Å². The fourth-order valence-corrected chi connectivity index (χ4v) is 3.32. The lowest BCUT2D eigenvalue weighted by Gasteiger charge is -2.31. The predicted octanol–water partition coefficient (Wildman–Crippen LogP) is 2.13. The Morgan fingerprint density at radius 1 is 1.28 bits per heavy atom. The van der Waals surface area contributed by atoms with Crippen LogP contribution in [0.1, 0.15) is 40.0 Å². The number of sulfone groups is 1. The van der Waals surface area contributed by atoms with E-state index in [1.54, 1.807) is 12.1 Å². The number of benzene rings is 1. The molecule has 0 fully saturated rings. The van der Waals surface area contributed by atoms with Gasteiger partial charge in [-0.15, -0.1) is 0 Å². The van der Waals surface area contributed by atoms with Crippen molar-refractivity contribution in [3.05, 3.63) is 24.3 Å². The SMILES string of the molecule is CC(C)CC(C)(CN)NC(=O)CCCOc1ccc(S(C)(=O)=O)cc1. The van der Waals surface area contributed by atoms with Crippen LogP contribution in [0.5, 0.6) is 5.75 Å². The van der Waals surface area contributed by atoms with Gasteiger partial charge in [0.05, 0.1) is 11.5 Å². The molecule has 0 saturated carbocycles. The van der Waals surface area contributed by atoms with Gasteiger partial charge in [-0.05, 0) is 49.9 Å². The third kappa shape index (κ3) is 7.88. The zero-order chi connectivity index (χ0) is 19.1. The second kappa shape index (κ2) is 9.20. The first kappa shape index (κ1) is 21.4. The van der Waals surface area contributed by atoms with Crippen LogP contribution in [0.25, 0.3) is 0 Å². The van der Waals surface area contributed by atoms with E-state index >= 15 is 0 Å². The standard InChI is InChI=1S/C18H30N2O4S/c1-14(2)12-18(3,13-19)20-17(21)6-5-11-24-15-7-9-16(10-8-15)25(4,22)23/h7-10,14H,5-6,11-13,19H2,1-4H3,(H,20,21). The molecule has 0 aliphatic heterocycles. The average molecular weight is 371 g/mol. The molecule has 1 amide bonds. The van der Waals surface area contributed by atoms with Crippen LogP contribution in [0.4, 0.5) is 0 Å². The third-order valence-corrected chi connectivity index (χ3v) is 4.95. The van der Waals surface area contributed by atoms with Gasteiger partial charge < -0.3 is 15.8 Å². The molecule has 0 bridgehead atoms. The van der Waals surface area contributed by atoms with Crippen LogP contribution in [0.2, 0.25) is 0 Å². The van der Waals surface area contributed by atoms with Crippen molar-refractivity contribution in [2.24, 2.45) is 11.7 Å². The molecule has 1 atom stereocenters. The Morgan fingerprint density at radius 3 is 2.36 bits per heavy atom. The van der Waals surface area contributed by atoms with E-state index in [-0.39, 0.29) is 16.3 Å². The van der Waals surface area contributed by atoms with Gasteiger partial charge in [-0.3, -0.25) is 4.79 Å². The number of rotatable bonds is 10. The maximum Gasteiger partial charge on any atom is 0.220 e. The van der Waals surface area contributed by atoms with Gasteiger partial charge in [-0.25, -0.2) is 8.42 Å². The van der Waals surface area contributed by atoms with Crippen molar-refractivity contribution in [1.29, 1.82) is 0 Å². The van der Waals surface area contributed by atoms with Crippen LogP contribution in [-0.4, -0.2) is 39.3 Å². The van der Waals surface area contributed by atoms with Gasteiger partial charge in [0.15, 0.2) is 9.84 Å². The van der Waals surface area contributed by atoms with Gasteiger partial charge in [-0.1, -0.05) is 13.8 Å². The Labute approximate surface area is 151 Å². The maximum atomic E-state index is 12.1. The highest BCUT2D eigenvalue weighted by atomic mass is 32.2. The van der Waals surface area contributed by atoms with E-state index < -0.39 is 9.84 Å². The van der Waals surface area contributed by atoms with Gasteiger partial charge in [0.2, 0.25) is 5.91 Å². The maximum absolute atomic E-state index is 12.1. The van der Waals surface area contributed by atoms with Gasteiger partial charge in [0.1, 0.15) is 5.75 Å². The lowest BCUT2D eigenvalue weighted by atomic mass is 9.90. The normalized spacial score (nSPS) is 14.2. The summed E-state index contributed by atoms with van der Waals surface area (Å²) in [6.07, 6.45) is 2.92. The Kier molecular flexibility index (Phi) is 7.89. The number of amides is 1. The van der Waals surface area contributed by atoms with E-state index in [1.807, 2.05) is 6.92 Å². The average Bonchev–Trinajstić information content (AvgIpc) is 2.50. The molecular formula is C18H30N2O4S. The van der Waals surface area contributed by atoms with E-state index in [1.165, 1.54) is 12.1 Å². The third-order valence-electron chi connectivity index (χ3n) is 3.82. The lowest BCUT2D eigenvalue weighted by molar-refractivity contribution is -0.123. The van der Waals surface area contributed by atoms with Crippen molar-refractivity contribution in [2.75, 3.05) is 19.4 Å². The Balaban J connectivity index is 2.39. The van der Waals surface area contributed by atoms with Gasteiger partial charge in [0.25, 0.3) is 0 Å². The molecule has 25 heavy (non-hydrogen) atoms. The summed E-state index contributed by atoms with van der Waals surface area (Å²) in [5, 5.41) is 3.01. The van der Waals surface area contributed by atoms with Gasteiger partial charge in [-0.2, -0.15) is 0 Å². The lowest BCUT2D eigenvalue weighted by Crippen LogP contribution is -2.52. The minimum atomic E-state index is -3.20. The molecule has 0 aromatic heterocycles. The molecule has 1 unspecified atom stereocenters. The molecule has 3 N–H and O–H groups in total. The molecule has 1 aromatic rings. The first-order chi connectivity index (χ1) is 11.6. The summed E-state index contributed by atoms with van der Waals surface area (Å²) in [6.45, 7) is 6.95. The number of carbonyl (C=O) groups is 1. The smallest absolute Gasteiger partial charge is 0.220 e. The number of carbonyl (C=O) groups excluding carboxylic acids is 1. The summed E-state index contributed by atoms with van der Waals surface area (Å²) >= 11 is 0. The Morgan fingerprint density at radius 2 is 1.88 bits per heavy atom. The highest BCUT2D eigenvalue weighted by Gasteiger charge is 2.25. The van der Waals surface area contributed by atoms with Crippen LogP contribution in [0.3, 0.4) is 0 Å². The first-order valence-electron chi connectivity index (χ1n) is 8.50. The van der Waals surface area contributed by atoms with E-state index in [2.05, 4.69) is 19.2 Å². The molecule has 1 rings (SSSR count). The fourth-order valence-electron chi connectivity index (χ4n) is 2.69. The van der Waals surface area contributed by atoms with Crippen LogP contribution < -0.4 is 15.8 Å². The van der Waals surface area contributed by atoms with Crippen molar-refractivity contribution < 1.29 is 17.9 Å². The summed E-state index contributed by atoms with van der Waals surface area (Å²) < 4.78 is 28.3. The van der Waals surface area contributed by atoms with Crippen molar-refractivity contribution in [2.45, 2.75) is 50.5 Å². The summed E-state index contributed by atoms with van der Waals surface area (Å²) in [5.74, 6) is 0.996. The molecule has 6 nitrogen and oxygen atoms in total. The monoisotopic (exact) mass is 370 g/mol. The Bertz CT molecular complexity index is 656. The van der Waals surface area contributed by atoms with E-state index in [4.69, 9.17) is 10.5 Å². The zero-order valence-corrected chi connectivity index (χ0v) is 16.4. The van der Waals surface area contributed by atoms with E-state index in [9.17, 15) is 13.2 Å². The highest BCUT2D eigenvalue weighted by molar-refractivity contribution is 7.90. The number of ether oxygens (including phenoxy) is 1. The molecule has 0 saturated heterocycles. The molecule has 0 spiro atoms. The summed E-state index contributed by atoms with van der Waals surface area (Å²) in [5.41, 5.74) is 5.41. The minimum absolute atomic E-state index is 0.0374. The quantitative estimate of drug-likeness (QED) is 0.615. The van der Waals surface area contributed by atoms with Crippen LogP contribution in [-0.2, 0) is 14.6 Å².